The summed E-state index contributed by atoms with van der Waals surface area (Å²) in [6.07, 6.45) is 4.25. The van der Waals surface area contributed by atoms with Gasteiger partial charge in [0.25, 0.3) is 0 Å². The van der Waals surface area contributed by atoms with E-state index in [2.05, 4.69) is 15.0 Å². The van der Waals surface area contributed by atoms with Gasteiger partial charge in [0, 0.05) is 19.3 Å². The minimum Gasteiger partial charge on any atom is -0.342 e. The third kappa shape index (κ3) is 3.12. The number of carbonyl (C=O) groups is 1. The fourth-order valence-corrected chi connectivity index (χ4v) is 3.08. The smallest absolute Gasteiger partial charge is 0.236 e. The fraction of sp³-hybridized carbons (Fsp3) is 0.500. The summed E-state index contributed by atoms with van der Waals surface area (Å²) in [5.74, 6) is 0.182. The van der Waals surface area contributed by atoms with E-state index < -0.39 is 0 Å². The molecule has 0 unspecified atom stereocenters. The second-order valence-corrected chi connectivity index (χ2v) is 5.65. The molecule has 0 saturated carbocycles. The number of carbonyl (C=O) groups excluding carboxylic acids is 1. The number of H-pyrrole nitrogens is 1. The normalized spacial score (nSPS) is 12.6. The molecule has 0 spiro atoms. The molecule has 0 bridgehead atoms. The Morgan fingerprint density at radius 3 is 2.75 bits per heavy atom. The first-order chi connectivity index (χ1) is 9.69. The van der Waals surface area contributed by atoms with Crippen molar-refractivity contribution in [3.63, 3.8) is 0 Å². The maximum absolute atomic E-state index is 12.4. The summed E-state index contributed by atoms with van der Waals surface area (Å²) in [4.78, 5) is 26.0. The molecule has 2 rings (SSSR count). The number of amides is 1. The summed E-state index contributed by atoms with van der Waals surface area (Å²) in [6, 6.07) is 1.86. The molecule has 1 amide bonds. The predicted octanol–water partition coefficient (Wildman–Crippen LogP) is 2.70. The summed E-state index contributed by atoms with van der Waals surface area (Å²) < 4.78 is 0. The van der Waals surface area contributed by atoms with Gasteiger partial charge in [-0.25, -0.2) is 4.98 Å². The Hall–Kier alpha value is -1.56. The number of nitrogens with one attached hydrogen (secondary N) is 1. The Morgan fingerprint density at radius 1 is 1.40 bits per heavy atom. The van der Waals surface area contributed by atoms with Gasteiger partial charge < -0.3 is 9.88 Å². The first-order valence-corrected chi connectivity index (χ1v) is 7.82. The second kappa shape index (κ2) is 6.74. The van der Waals surface area contributed by atoms with Crippen LogP contribution in [0.3, 0.4) is 0 Å². The van der Waals surface area contributed by atoms with Crippen LogP contribution in [0.1, 0.15) is 27.2 Å². The molecule has 6 heteroatoms. The van der Waals surface area contributed by atoms with E-state index in [1.807, 2.05) is 31.7 Å². The highest BCUT2D eigenvalue weighted by Crippen LogP contribution is 2.26. The van der Waals surface area contributed by atoms with Gasteiger partial charge in [-0.2, -0.15) is 0 Å². The first-order valence-electron chi connectivity index (χ1n) is 6.94. The lowest BCUT2D eigenvalue weighted by atomic mass is 10.3. The molecule has 0 fully saturated rings. The molecular weight excluding hydrogens is 272 g/mol. The van der Waals surface area contributed by atoms with Crippen molar-refractivity contribution in [2.24, 2.45) is 0 Å². The number of thioether (sulfide) groups is 1. The average molecular weight is 292 g/mol. The van der Waals surface area contributed by atoms with Crippen LogP contribution in [0.15, 0.2) is 23.6 Å². The van der Waals surface area contributed by atoms with Gasteiger partial charge in [-0.15, -0.1) is 0 Å². The molecule has 2 aromatic rings. The number of nitrogens with zero attached hydrogens (tertiary/aromatic N) is 3. The number of hydrogen-bond donors (Lipinski definition) is 1. The lowest BCUT2D eigenvalue weighted by Crippen LogP contribution is -2.37. The SMILES string of the molecule is CC[C@H](Sc1nc2ccncc2[nH]1)C(=O)N(CC)CC. The maximum Gasteiger partial charge on any atom is 0.236 e. The first kappa shape index (κ1) is 14.8. The van der Waals surface area contributed by atoms with Gasteiger partial charge in [0.1, 0.15) is 0 Å². The Balaban J connectivity index is 2.15. The molecule has 0 saturated heterocycles. The van der Waals surface area contributed by atoms with E-state index in [9.17, 15) is 4.79 Å². The van der Waals surface area contributed by atoms with Crippen molar-refractivity contribution in [3.8, 4) is 0 Å². The Labute approximate surface area is 123 Å². The lowest BCUT2D eigenvalue weighted by Gasteiger charge is -2.23. The van der Waals surface area contributed by atoms with E-state index in [-0.39, 0.29) is 11.2 Å². The van der Waals surface area contributed by atoms with Gasteiger partial charge in [-0.05, 0) is 26.3 Å². The van der Waals surface area contributed by atoms with Crippen molar-refractivity contribution >= 4 is 28.7 Å². The van der Waals surface area contributed by atoms with E-state index >= 15 is 0 Å². The minimum atomic E-state index is -0.0941. The number of imidazole rings is 1. The van der Waals surface area contributed by atoms with Crippen LogP contribution in [-0.4, -0.2) is 44.1 Å². The Kier molecular flexibility index (Phi) is 5.00. The van der Waals surface area contributed by atoms with Gasteiger partial charge in [-0.1, -0.05) is 18.7 Å². The molecule has 1 N–H and O–H groups in total. The lowest BCUT2D eigenvalue weighted by molar-refractivity contribution is -0.130. The largest absolute Gasteiger partial charge is 0.342 e. The summed E-state index contributed by atoms with van der Waals surface area (Å²) in [6.45, 7) is 7.54. The van der Waals surface area contributed by atoms with Gasteiger partial charge >= 0.3 is 0 Å². The molecule has 2 aromatic heterocycles. The van der Waals surface area contributed by atoms with E-state index in [1.165, 1.54) is 11.8 Å². The van der Waals surface area contributed by atoms with Crippen molar-refractivity contribution in [1.82, 2.24) is 19.9 Å². The monoisotopic (exact) mass is 292 g/mol. The number of pyridine rings is 1. The zero-order chi connectivity index (χ0) is 14.5. The molecule has 1 atom stereocenters. The molecule has 0 aromatic carbocycles. The Morgan fingerprint density at radius 2 is 2.15 bits per heavy atom. The van der Waals surface area contributed by atoms with E-state index in [0.29, 0.717) is 0 Å². The molecule has 2 heterocycles. The van der Waals surface area contributed by atoms with Gasteiger partial charge in [0.2, 0.25) is 5.91 Å². The van der Waals surface area contributed by atoms with Crippen molar-refractivity contribution in [2.75, 3.05) is 13.1 Å². The van der Waals surface area contributed by atoms with Crippen molar-refractivity contribution in [3.05, 3.63) is 18.5 Å². The quantitative estimate of drug-likeness (QED) is 0.832. The molecule has 20 heavy (non-hydrogen) atoms. The highest BCUT2D eigenvalue weighted by molar-refractivity contribution is 8.00. The number of hydrogen-bond acceptors (Lipinski definition) is 4. The zero-order valence-electron chi connectivity index (χ0n) is 12.1. The number of fused-ring (bicyclic) bond motifs is 1. The highest BCUT2D eigenvalue weighted by atomic mass is 32.2. The predicted molar refractivity (Wildman–Crippen MR) is 81.8 cm³/mol. The number of aromatic amines is 1. The summed E-state index contributed by atoms with van der Waals surface area (Å²) >= 11 is 1.50. The highest BCUT2D eigenvalue weighted by Gasteiger charge is 2.23. The Bertz CT molecular complexity index is 546. The van der Waals surface area contributed by atoms with Gasteiger partial charge in [0.15, 0.2) is 5.16 Å². The van der Waals surface area contributed by atoms with Crippen LogP contribution in [0.5, 0.6) is 0 Å². The third-order valence-corrected chi connectivity index (χ3v) is 4.47. The molecule has 0 aliphatic rings. The van der Waals surface area contributed by atoms with Crippen molar-refractivity contribution < 1.29 is 4.79 Å². The van der Waals surface area contributed by atoms with Gasteiger partial charge in [-0.3, -0.25) is 9.78 Å². The van der Waals surface area contributed by atoms with Crippen molar-refractivity contribution in [2.45, 2.75) is 37.6 Å². The standard InChI is InChI=1S/C14H20N4OS/c1-4-12(13(19)18(5-2)6-3)20-14-16-10-7-8-15-9-11(10)17-14/h7-9,12H,4-6H2,1-3H3,(H,16,17)/t12-/m0/s1. The molecule has 0 radical (unpaired) electrons. The number of aromatic nitrogens is 3. The van der Waals surface area contributed by atoms with Crippen LogP contribution in [0.25, 0.3) is 11.0 Å². The topological polar surface area (TPSA) is 61.9 Å². The fourth-order valence-electron chi connectivity index (χ4n) is 2.07. The van der Waals surface area contributed by atoms with Crippen LogP contribution in [0, 0.1) is 0 Å². The van der Waals surface area contributed by atoms with Crippen LogP contribution >= 0.6 is 11.8 Å². The maximum atomic E-state index is 12.4. The molecular formula is C14H20N4OS. The second-order valence-electron chi connectivity index (χ2n) is 4.46. The van der Waals surface area contributed by atoms with Crippen molar-refractivity contribution in [1.29, 1.82) is 0 Å². The molecule has 0 aliphatic heterocycles. The van der Waals surface area contributed by atoms with Gasteiger partial charge in [0.05, 0.1) is 22.5 Å². The average Bonchev–Trinajstić information content (AvgIpc) is 2.88. The minimum absolute atomic E-state index is 0.0941. The number of rotatable bonds is 6. The molecule has 108 valence electrons. The van der Waals surface area contributed by atoms with Crippen LogP contribution in [0.2, 0.25) is 0 Å². The van der Waals surface area contributed by atoms with E-state index in [4.69, 9.17) is 0 Å². The van der Waals surface area contributed by atoms with Crippen LogP contribution in [-0.2, 0) is 4.79 Å². The van der Waals surface area contributed by atoms with Crippen LogP contribution < -0.4 is 0 Å². The van der Waals surface area contributed by atoms with E-state index in [1.54, 1.807) is 12.4 Å². The van der Waals surface area contributed by atoms with Crippen LogP contribution in [0.4, 0.5) is 0 Å². The summed E-state index contributed by atoms with van der Waals surface area (Å²) in [5.41, 5.74) is 1.78. The molecule has 5 nitrogen and oxygen atoms in total. The third-order valence-electron chi connectivity index (χ3n) is 3.24. The summed E-state index contributed by atoms with van der Waals surface area (Å²) in [5, 5.41) is 0.684. The molecule has 0 aliphatic carbocycles. The zero-order valence-corrected chi connectivity index (χ0v) is 12.9. The van der Waals surface area contributed by atoms with E-state index in [0.717, 1.165) is 35.7 Å². The summed E-state index contributed by atoms with van der Waals surface area (Å²) in [7, 11) is 0.